The summed E-state index contributed by atoms with van der Waals surface area (Å²) in [4.78, 5) is 4.52. The zero-order valence-electron chi connectivity index (χ0n) is 12.5. The first-order valence-electron chi connectivity index (χ1n) is 7.07. The van der Waals surface area contributed by atoms with Gasteiger partial charge in [0.25, 0.3) is 0 Å². The van der Waals surface area contributed by atoms with E-state index in [1.54, 1.807) is 6.33 Å². The maximum atomic E-state index is 4.52. The van der Waals surface area contributed by atoms with E-state index >= 15 is 0 Å². The first-order chi connectivity index (χ1) is 10.1. The predicted molar refractivity (Wildman–Crippen MR) is 82.7 cm³/mol. The molecule has 3 aromatic rings. The van der Waals surface area contributed by atoms with Crippen molar-refractivity contribution >= 4 is 10.9 Å². The van der Waals surface area contributed by atoms with Crippen molar-refractivity contribution < 1.29 is 0 Å². The quantitative estimate of drug-likeness (QED) is 0.798. The summed E-state index contributed by atoms with van der Waals surface area (Å²) in [6.45, 7) is 4.89. The van der Waals surface area contributed by atoms with Crippen LogP contribution in [-0.4, -0.2) is 19.7 Å². The standard InChI is InChI=1S/C16H19N5/c1-11-4-6-14-8-13(5-7-15(14)19-11)9-17-12(2)16-20-18-10-21(16)3/h4-8,10,12,17H,9H2,1-3H3. The molecule has 108 valence electrons. The third-order valence-electron chi connectivity index (χ3n) is 3.64. The van der Waals surface area contributed by atoms with Crippen LogP contribution in [-0.2, 0) is 13.6 Å². The summed E-state index contributed by atoms with van der Waals surface area (Å²) in [5.74, 6) is 0.938. The number of rotatable bonds is 4. The largest absolute Gasteiger partial charge is 0.319 e. The Hall–Kier alpha value is -2.27. The fraction of sp³-hybridized carbons (Fsp3) is 0.312. The SMILES string of the molecule is Cc1ccc2cc(CNC(C)c3nncn3C)ccc2n1. The first-order valence-corrected chi connectivity index (χ1v) is 7.07. The van der Waals surface area contributed by atoms with Crippen molar-refractivity contribution in [1.82, 2.24) is 25.1 Å². The molecule has 1 N–H and O–H groups in total. The van der Waals surface area contributed by atoms with E-state index in [0.29, 0.717) is 0 Å². The van der Waals surface area contributed by atoms with Gasteiger partial charge in [0.2, 0.25) is 0 Å². The summed E-state index contributed by atoms with van der Waals surface area (Å²) in [6.07, 6.45) is 1.72. The minimum absolute atomic E-state index is 0.157. The Morgan fingerprint density at radius 2 is 2.10 bits per heavy atom. The van der Waals surface area contributed by atoms with Crippen LogP contribution in [0.2, 0.25) is 0 Å². The Labute approximate surface area is 124 Å². The summed E-state index contributed by atoms with van der Waals surface area (Å²) in [5, 5.41) is 12.7. The molecule has 0 saturated heterocycles. The fourth-order valence-corrected chi connectivity index (χ4v) is 2.43. The molecule has 5 nitrogen and oxygen atoms in total. The molecule has 0 bridgehead atoms. The van der Waals surface area contributed by atoms with Gasteiger partial charge in [-0.3, -0.25) is 4.98 Å². The van der Waals surface area contributed by atoms with Gasteiger partial charge in [-0.1, -0.05) is 12.1 Å². The van der Waals surface area contributed by atoms with Crippen LogP contribution in [0.4, 0.5) is 0 Å². The lowest BCUT2D eigenvalue weighted by Crippen LogP contribution is -2.21. The molecule has 2 aromatic heterocycles. The van der Waals surface area contributed by atoms with Crippen LogP contribution in [0.15, 0.2) is 36.7 Å². The fourth-order valence-electron chi connectivity index (χ4n) is 2.43. The monoisotopic (exact) mass is 281 g/mol. The molecular weight excluding hydrogens is 262 g/mol. The number of hydrogen-bond donors (Lipinski definition) is 1. The van der Waals surface area contributed by atoms with Gasteiger partial charge in [-0.2, -0.15) is 0 Å². The number of pyridine rings is 1. The normalized spacial score (nSPS) is 12.7. The Morgan fingerprint density at radius 1 is 1.24 bits per heavy atom. The summed E-state index contributed by atoms with van der Waals surface area (Å²) in [7, 11) is 1.96. The Balaban J connectivity index is 1.73. The van der Waals surface area contributed by atoms with Crippen LogP contribution in [0, 0.1) is 6.92 Å². The van der Waals surface area contributed by atoms with Crippen LogP contribution >= 0.6 is 0 Å². The molecule has 0 aliphatic heterocycles. The molecule has 1 atom stereocenters. The molecule has 0 aliphatic rings. The highest BCUT2D eigenvalue weighted by atomic mass is 15.3. The van der Waals surface area contributed by atoms with Gasteiger partial charge in [-0.25, -0.2) is 0 Å². The third kappa shape index (κ3) is 2.92. The van der Waals surface area contributed by atoms with Crippen molar-refractivity contribution in [1.29, 1.82) is 0 Å². The average molecular weight is 281 g/mol. The van der Waals surface area contributed by atoms with Gasteiger partial charge in [0.15, 0.2) is 0 Å². The second kappa shape index (κ2) is 5.61. The highest BCUT2D eigenvalue weighted by Crippen LogP contribution is 2.16. The van der Waals surface area contributed by atoms with Crippen molar-refractivity contribution in [3.8, 4) is 0 Å². The first kappa shape index (κ1) is 13.7. The van der Waals surface area contributed by atoms with Crippen LogP contribution < -0.4 is 5.32 Å². The Morgan fingerprint density at radius 3 is 2.86 bits per heavy atom. The predicted octanol–water partition coefficient (Wildman–Crippen LogP) is 2.52. The lowest BCUT2D eigenvalue weighted by atomic mass is 10.1. The minimum atomic E-state index is 0.157. The van der Waals surface area contributed by atoms with Gasteiger partial charge < -0.3 is 9.88 Å². The molecule has 3 rings (SSSR count). The molecule has 0 aliphatic carbocycles. The summed E-state index contributed by atoms with van der Waals surface area (Å²) >= 11 is 0. The number of aromatic nitrogens is 4. The molecule has 1 unspecified atom stereocenters. The van der Waals surface area contributed by atoms with Crippen molar-refractivity contribution in [3.05, 3.63) is 53.7 Å². The maximum Gasteiger partial charge on any atom is 0.149 e. The van der Waals surface area contributed by atoms with Crippen molar-refractivity contribution in [3.63, 3.8) is 0 Å². The van der Waals surface area contributed by atoms with Gasteiger partial charge in [-0.05, 0) is 37.6 Å². The number of hydrogen-bond acceptors (Lipinski definition) is 4. The Kier molecular flexibility index (Phi) is 3.66. The van der Waals surface area contributed by atoms with Crippen LogP contribution in [0.3, 0.4) is 0 Å². The highest BCUT2D eigenvalue weighted by Gasteiger charge is 2.10. The van der Waals surface area contributed by atoms with Crippen molar-refractivity contribution in [2.24, 2.45) is 7.05 Å². The second-order valence-electron chi connectivity index (χ2n) is 5.38. The van der Waals surface area contributed by atoms with E-state index in [0.717, 1.165) is 23.6 Å². The van der Waals surface area contributed by atoms with Gasteiger partial charge >= 0.3 is 0 Å². The van der Waals surface area contributed by atoms with Gasteiger partial charge in [0.05, 0.1) is 11.6 Å². The van der Waals surface area contributed by atoms with Crippen molar-refractivity contribution in [2.75, 3.05) is 0 Å². The van der Waals surface area contributed by atoms with E-state index in [1.807, 2.05) is 24.6 Å². The van der Waals surface area contributed by atoms with Crippen molar-refractivity contribution in [2.45, 2.75) is 26.4 Å². The average Bonchev–Trinajstić information content (AvgIpc) is 2.91. The van der Waals surface area contributed by atoms with Crippen LogP contribution in [0.25, 0.3) is 10.9 Å². The molecule has 0 saturated carbocycles. The number of nitrogens with one attached hydrogen (secondary N) is 1. The van der Waals surface area contributed by atoms with E-state index in [1.165, 1.54) is 10.9 Å². The molecule has 0 spiro atoms. The summed E-state index contributed by atoms with van der Waals surface area (Å²) in [5.41, 5.74) is 3.33. The second-order valence-corrected chi connectivity index (χ2v) is 5.38. The van der Waals surface area contributed by atoms with Gasteiger partial charge in [0.1, 0.15) is 12.2 Å². The molecule has 2 heterocycles. The number of benzene rings is 1. The molecule has 1 aromatic carbocycles. The molecule has 21 heavy (non-hydrogen) atoms. The topological polar surface area (TPSA) is 55.6 Å². The van der Waals surface area contributed by atoms with E-state index in [-0.39, 0.29) is 6.04 Å². The summed E-state index contributed by atoms with van der Waals surface area (Å²) in [6, 6.07) is 10.7. The number of nitrogens with zero attached hydrogens (tertiary/aromatic N) is 4. The maximum absolute atomic E-state index is 4.52. The minimum Gasteiger partial charge on any atom is -0.319 e. The number of aryl methyl sites for hydroxylation is 2. The summed E-state index contributed by atoms with van der Waals surface area (Å²) < 4.78 is 1.94. The zero-order valence-corrected chi connectivity index (χ0v) is 12.5. The van der Waals surface area contributed by atoms with E-state index < -0.39 is 0 Å². The number of fused-ring (bicyclic) bond motifs is 1. The molecule has 0 radical (unpaired) electrons. The lowest BCUT2D eigenvalue weighted by molar-refractivity contribution is 0.528. The molecular formula is C16H19N5. The van der Waals surface area contributed by atoms with Gasteiger partial charge in [-0.15, -0.1) is 10.2 Å². The van der Waals surface area contributed by atoms with E-state index in [9.17, 15) is 0 Å². The smallest absolute Gasteiger partial charge is 0.149 e. The third-order valence-corrected chi connectivity index (χ3v) is 3.64. The molecule has 5 heteroatoms. The van der Waals surface area contributed by atoms with E-state index in [4.69, 9.17) is 0 Å². The zero-order chi connectivity index (χ0) is 14.8. The molecule has 0 amide bonds. The Bertz CT molecular complexity index is 762. The van der Waals surface area contributed by atoms with E-state index in [2.05, 4.69) is 51.7 Å². The lowest BCUT2D eigenvalue weighted by Gasteiger charge is -2.13. The molecule has 0 fully saturated rings. The van der Waals surface area contributed by atoms with Crippen LogP contribution in [0.1, 0.15) is 30.0 Å². The highest BCUT2D eigenvalue weighted by molar-refractivity contribution is 5.79. The van der Waals surface area contributed by atoms with Crippen LogP contribution in [0.5, 0.6) is 0 Å². The van der Waals surface area contributed by atoms with Gasteiger partial charge in [0, 0.05) is 24.7 Å².